The highest BCUT2D eigenvalue weighted by atomic mass is 16.5. The standard InChI is InChI=1S/C26H27NO3/c1-5-22-16-19(3)27(25(22)6-2)23-9-7-8-21(17-23)18-30-24-13-10-20(11-14-24)12-15-26(28)29-4/h5-11,13-14,16-17H,1-2,12,15,18H2,3-4H3. The van der Waals surface area contributed by atoms with Crippen molar-refractivity contribution in [2.24, 2.45) is 0 Å². The lowest BCUT2D eigenvalue weighted by molar-refractivity contribution is -0.140. The fourth-order valence-electron chi connectivity index (χ4n) is 3.45. The minimum absolute atomic E-state index is 0.201. The largest absolute Gasteiger partial charge is 0.489 e. The summed E-state index contributed by atoms with van der Waals surface area (Å²) >= 11 is 0. The lowest BCUT2D eigenvalue weighted by atomic mass is 10.1. The van der Waals surface area contributed by atoms with Crippen molar-refractivity contribution in [3.05, 3.63) is 95.8 Å². The monoisotopic (exact) mass is 401 g/mol. The fraction of sp³-hybridized carbons (Fsp3) is 0.192. The normalized spacial score (nSPS) is 10.5. The van der Waals surface area contributed by atoms with Crippen LogP contribution in [-0.4, -0.2) is 17.6 Å². The van der Waals surface area contributed by atoms with E-state index in [1.54, 1.807) is 0 Å². The van der Waals surface area contributed by atoms with Gasteiger partial charge in [0.1, 0.15) is 12.4 Å². The van der Waals surface area contributed by atoms with Gasteiger partial charge in [0.2, 0.25) is 0 Å². The Kier molecular flexibility index (Phi) is 6.91. The van der Waals surface area contributed by atoms with E-state index < -0.39 is 0 Å². The van der Waals surface area contributed by atoms with E-state index in [4.69, 9.17) is 4.74 Å². The lowest BCUT2D eigenvalue weighted by Crippen LogP contribution is -2.02. The van der Waals surface area contributed by atoms with Crippen LogP contribution in [0.4, 0.5) is 0 Å². The van der Waals surface area contributed by atoms with E-state index in [9.17, 15) is 4.79 Å². The van der Waals surface area contributed by atoms with E-state index in [1.807, 2.05) is 42.5 Å². The van der Waals surface area contributed by atoms with Crippen LogP contribution in [-0.2, 0) is 22.6 Å². The molecule has 0 saturated heterocycles. The van der Waals surface area contributed by atoms with Crippen LogP contribution in [0.15, 0.2) is 67.8 Å². The van der Waals surface area contributed by atoms with E-state index in [0.717, 1.165) is 39.5 Å². The molecule has 0 aliphatic heterocycles. The summed E-state index contributed by atoms with van der Waals surface area (Å²) in [5, 5.41) is 0. The van der Waals surface area contributed by atoms with Crippen LogP contribution in [0.5, 0.6) is 5.75 Å². The van der Waals surface area contributed by atoms with Crippen molar-refractivity contribution in [3.63, 3.8) is 0 Å². The average Bonchev–Trinajstić information content (AvgIpc) is 3.12. The van der Waals surface area contributed by atoms with Gasteiger partial charge in [0.05, 0.1) is 12.8 Å². The summed E-state index contributed by atoms with van der Waals surface area (Å²) in [5.74, 6) is 0.591. The maximum Gasteiger partial charge on any atom is 0.305 e. The number of benzene rings is 2. The maximum absolute atomic E-state index is 11.3. The fourth-order valence-corrected chi connectivity index (χ4v) is 3.45. The molecule has 0 unspecified atom stereocenters. The number of ether oxygens (including phenoxy) is 2. The van der Waals surface area contributed by atoms with Crippen molar-refractivity contribution >= 4 is 18.1 Å². The van der Waals surface area contributed by atoms with Gasteiger partial charge in [0.25, 0.3) is 0 Å². The Hall–Kier alpha value is -3.53. The number of aromatic nitrogens is 1. The molecule has 1 aromatic heterocycles. The number of nitrogens with zero attached hydrogens (tertiary/aromatic N) is 1. The Morgan fingerprint density at radius 2 is 1.80 bits per heavy atom. The van der Waals surface area contributed by atoms with Crippen molar-refractivity contribution < 1.29 is 14.3 Å². The van der Waals surface area contributed by atoms with Crippen LogP contribution in [0.2, 0.25) is 0 Å². The van der Waals surface area contributed by atoms with Gasteiger partial charge >= 0.3 is 5.97 Å². The predicted molar refractivity (Wildman–Crippen MR) is 122 cm³/mol. The van der Waals surface area contributed by atoms with Crippen LogP contribution in [0.1, 0.15) is 34.5 Å². The molecule has 4 heteroatoms. The van der Waals surface area contributed by atoms with E-state index in [1.165, 1.54) is 7.11 Å². The van der Waals surface area contributed by atoms with Crippen molar-refractivity contribution in [1.82, 2.24) is 4.57 Å². The Labute approximate surface area is 178 Å². The van der Waals surface area contributed by atoms with Gasteiger partial charge < -0.3 is 14.0 Å². The summed E-state index contributed by atoms with van der Waals surface area (Å²) in [4.78, 5) is 11.3. The second-order valence-corrected chi connectivity index (χ2v) is 7.05. The molecule has 0 bridgehead atoms. The van der Waals surface area contributed by atoms with Crippen LogP contribution >= 0.6 is 0 Å². The van der Waals surface area contributed by atoms with Crippen molar-refractivity contribution in [2.45, 2.75) is 26.4 Å². The minimum Gasteiger partial charge on any atom is -0.489 e. The smallest absolute Gasteiger partial charge is 0.305 e. The molecule has 0 amide bonds. The molecule has 0 radical (unpaired) electrons. The molecule has 0 atom stereocenters. The van der Waals surface area contributed by atoms with Gasteiger partial charge in [-0.15, -0.1) is 0 Å². The van der Waals surface area contributed by atoms with E-state index >= 15 is 0 Å². The highest BCUT2D eigenvalue weighted by molar-refractivity contribution is 5.69. The number of carbonyl (C=O) groups is 1. The van der Waals surface area contributed by atoms with Crippen molar-refractivity contribution in [3.8, 4) is 11.4 Å². The van der Waals surface area contributed by atoms with Crippen LogP contribution in [0, 0.1) is 6.92 Å². The summed E-state index contributed by atoms with van der Waals surface area (Å²) in [6, 6.07) is 18.2. The Morgan fingerprint density at radius 1 is 1.03 bits per heavy atom. The summed E-state index contributed by atoms with van der Waals surface area (Å²) < 4.78 is 12.8. The molecule has 0 spiro atoms. The molecule has 4 nitrogen and oxygen atoms in total. The molecular formula is C26H27NO3. The molecule has 0 aliphatic rings. The first-order valence-corrected chi connectivity index (χ1v) is 9.90. The molecule has 30 heavy (non-hydrogen) atoms. The quantitative estimate of drug-likeness (QED) is 0.428. The second-order valence-electron chi connectivity index (χ2n) is 7.05. The van der Waals surface area contributed by atoms with Gasteiger partial charge in [-0.2, -0.15) is 0 Å². The number of hydrogen-bond acceptors (Lipinski definition) is 3. The third kappa shape index (κ3) is 4.90. The molecule has 154 valence electrons. The zero-order chi connectivity index (χ0) is 21.5. The summed E-state index contributed by atoms with van der Waals surface area (Å²) in [6.07, 6.45) is 4.74. The molecule has 0 saturated carbocycles. The summed E-state index contributed by atoms with van der Waals surface area (Å²) in [6.45, 7) is 10.4. The zero-order valence-electron chi connectivity index (χ0n) is 17.6. The predicted octanol–water partition coefficient (Wildman–Crippen LogP) is 5.76. The van der Waals surface area contributed by atoms with Crippen LogP contribution in [0.25, 0.3) is 17.8 Å². The first-order valence-electron chi connectivity index (χ1n) is 9.90. The van der Waals surface area contributed by atoms with Crippen molar-refractivity contribution in [1.29, 1.82) is 0 Å². The minimum atomic E-state index is -0.201. The number of rotatable bonds is 9. The molecule has 0 N–H and O–H groups in total. The van der Waals surface area contributed by atoms with Gasteiger partial charge in [-0.25, -0.2) is 0 Å². The van der Waals surface area contributed by atoms with Gasteiger partial charge in [0.15, 0.2) is 0 Å². The van der Waals surface area contributed by atoms with Gasteiger partial charge in [-0.05, 0) is 66.4 Å². The zero-order valence-corrected chi connectivity index (χ0v) is 17.6. The molecule has 3 aromatic rings. The lowest BCUT2D eigenvalue weighted by Gasteiger charge is -2.13. The Morgan fingerprint density at radius 3 is 2.47 bits per heavy atom. The molecule has 1 heterocycles. The van der Waals surface area contributed by atoms with Gasteiger partial charge in [-0.3, -0.25) is 4.79 Å². The van der Waals surface area contributed by atoms with E-state index in [-0.39, 0.29) is 5.97 Å². The molecule has 2 aromatic carbocycles. The summed E-state index contributed by atoms with van der Waals surface area (Å²) in [5.41, 5.74) is 6.44. The van der Waals surface area contributed by atoms with Gasteiger partial charge in [0, 0.05) is 17.8 Å². The number of hydrogen-bond donors (Lipinski definition) is 0. The number of aryl methyl sites for hydroxylation is 2. The molecular weight excluding hydrogens is 374 g/mol. The molecule has 0 aliphatic carbocycles. The number of methoxy groups -OCH3 is 1. The number of carbonyl (C=O) groups excluding carboxylic acids is 1. The first kappa shape index (κ1) is 21.2. The average molecular weight is 402 g/mol. The topological polar surface area (TPSA) is 40.5 Å². The van der Waals surface area contributed by atoms with Gasteiger partial charge in [-0.1, -0.05) is 43.5 Å². The second kappa shape index (κ2) is 9.79. The van der Waals surface area contributed by atoms with Crippen LogP contribution in [0.3, 0.4) is 0 Å². The highest BCUT2D eigenvalue weighted by Gasteiger charge is 2.10. The van der Waals surface area contributed by atoms with Crippen molar-refractivity contribution in [2.75, 3.05) is 7.11 Å². The third-order valence-electron chi connectivity index (χ3n) is 5.01. The first-order chi connectivity index (χ1) is 14.5. The maximum atomic E-state index is 11.3. The van der Waals surface area contributed by atoms with E-state index in [2.05, 4.69) is 53.7 Å². The number of esters is 1. The third-order valence-corrected chi connectivity index (χ3v) is 5.01. The van der Waals surface area contributed by atoms with Crippen LogP contribution < -0.4 is 4.74 Å². The Bertz CT molecular complexity index is 1040. The summed E-state index contributed by atoms with van der Waals surface area (Å²) in [7, 11) is 1.41. The highest BCUT2D eigenvalue weighted by Crippen LogP contribution is 2.24. The SMILES string of the molecule is C=Cc1cc(C)n(-c2cccc(COc3ccc(CCC(=O)OC)cc3)c2)c1C=C. The van der Waals surface area contributed by atoms with E-state index in [0.29, 0.717) is 19.4 Å². The molecule has 3 rings (SSSR count). The Balaban J connectivity index is 1.69. The molecule has 0 fully saturated rings.